The number of aliphatic hydroxyl groups is 1. The number of aromatic nitrogens is 2. The third kappa shape index (κ3) is 6.23. The zero-order valence-corrected chi connectivity index (χ0v) is 21.5. The van der Waals surface area contributed by atoms with Crippen molar-refractivity contribution in [2.45, 2.75) is 38.0 Å². The molecule has 3 N–H and O–H groups in total. The molecule has 2 aromatic heterocycles. The van der Waals surface area contributed by atoms with Gasteiger partial charge in [-0.05, 0) is 47.7 Å². The number of ether oxygens (including phenoxy) is 1. The van der Waals surface area contributed by atoms with Crippen LogP contribution in [0.3, 0.4) is 0 Å². The fourth-order valence-electron chi connectivity index (χ4n) is 3.60. The van der Waals surface area contributed by atoms with Crippen LogP contribution in [-0.4, -0.2) is 28.3 Å². The van der Waals surface area contributed by atoms with Gasteiger partial charge in [0.1, 0.15) is 40.9 Å². The summed E-state index contributed by atoms with van der Waals surface area (Å²) in [4.78, 5) is 8.86. The average molecular weight is 500 g/mol. The molecule has 3 rings (SSSR count). The first kappa shape index (κ1) is 26.7. The van der Waals surface area contributed by atoms with Gasteiger partial charge in [-0.3, -0.25) is 4.98 Å². The molecule has 0 saturated heterocycles. The number of thioether (sulfide) groups is 1. The van der Waals surface area contributed by atoms with Crippen LogP contribution in [0.25, 0.3) is 17.2 Å². The Kier molecular flexibility index (Phi) is 9.46. The predicted octanol–water partition coefficient (Wildman–Crippen LogP) is 5.50. The van der Waals surface area contributed by atoms with E-state index < -0.39 is 0 Å². The van der Waals surface area contributed by atoms with Crippen LogP contribution in [0, 0.1) is 35.5 Å². The van der Waals surface area contributed by atoms with Gasteiger partial charge >= 0.3 is 0 Å². The molecule has 184 valence electrons. The number of hydrogen-bond acceptors (Lipinski definition) is 8. The maximum atomic E-state index is 10.1. The normalized spacial score (nSPS) is 11.7. The molecule has 0 aliphatic carbocycles. The molecule has 0 aliphatic heterocycles. The molecule has 0 aliphatic rings. The van der Waals surface area contributed by atoms with E-state index in [0.717, 1.165) is 23.2 Å². The summed E-state index contributed by atoms with van der Waals surface area (Å²) in [5, 5.41) is 29.3. The van der Waals surface area contributed by atoms with Gasteiger partial charge in [-0.15, -0.1) is 11.8 Å². The number of nitrogen functional groups attached to an aromatic ring is 1. The molecule has 0 bridgehead atoms. The Labute approximate surface area is 216 Å². The fourth-order valence-corrected chi connectivity index (χ4v) is 4.60. The summed E-state index contributed by atoms with van der Waals surface area (Å²) < 4.78 is 5.42. The Morgan fingerprint density at radius 1 is 1.17 bits per heavy atom. The fraction of sp³-hybridized carbons (Fsp3) is 0.286. The number of pyridine rings is 2. The van der Waals surface area contributed by atoms with Gasteiger partial charge in [-0.2, -0.15) is 10.5 Å². The van der Waals surface area contributed by atoms with Gasteiger partial charge < -0.3 is 15.6 Å². The predicted molar refractivity (Wildman–Crippen MR) is 143 cm³/mol. The van der Waals surface area contributed by atoms with Gasteiger partial charge in [-0.1, -0.05) is 44.6 Å². The van der Waals surface area contributed by atoms with E-state index in [1.807, 2.05) is 13.0 Å². The Hall–Kier alpha value is -3.85. The number of benzene rings is 1. The van der Waals surface area contributed by atoms with E-state index in [9.17, 15) is 10.5 Å². The van der Waals surface area contributed by atoms with Crippen LogP contribution in [0.1, 0.15) is 48.2 Å². The Morgan fingerprint density at radius 2 is 1.89 bits per heavy atom. The van der Waals surface area contributed by atoms with E-state index >= 15 is 0 Å². The summed E-state index contributed by atoms with van der Waals surface area (Å²) in [6.45, 7) is 6.39. The largest absolute Gasteiger partial charge is 0.491 e. The standard InChI is InChI=1S/C28H29N5O2S/c1-4-18(2)5-10-23-19(3)32-12-11-21(23)17-36-28-25(16-30)26(24(15-29)27(31)33-28)20-6-8-22(9-7-20)35-14-13-34/h5-12,18,34H,4,13-14,17H2,1-3H3,(H2,31,33)/b10-5-. The minimum absolute atomic E-state index is 0.0809. The molecule has 3 aromatic rings. The SMILES string of the molecule is CCC(C)/C=C\c1c(CSc2nc(N)c(C#N)c(-c3ccc(OCCO)cc3)c2C#N)ccnc1C. The van der Waals surface area contributed by atoms with Crippen molar-refractivity contribution in [1.29, 1.82) is 10.5 Å². The highest BCUT2D eigenvalue weighted by Crippen LogP contribution is 2.37. The highest BCUT2D eigenvalue weighted by molar-refractivity contribution is 7.98. The second-order valence-corrected chi connectivity index (χ2v) is 9.21. The molecule has 0 spiro atoms. The zero-order valence-electron chi connectivity index (χ0n) is 20.7. The molecule has 36 heavy (non-hydrogen) atoms. The van der Waals surface area contributed by atoms with Crippen LogP contribution in [0.5, 0.6) is 5.75 Å². The van der Waals surface area contributed by atoms with Crippen LogP contribution >= 0.6 is 11.8 Å². The number of anilines is 1. The van der Waals surface area contributed by atoms with Crippen molar-refractivity contribution in [2.75, 3.05) is 18.9 Å². The molecule has 8 heteroatoms. The first-order valence-electron chi connectivity index (χ1n) is 11.7. The van der Waals surface area contributed by atoms with Crippen LogP contribution in [0.2, 0.25) is 0 Å². The minimum Gasteiger partial charge on any atom is -0.491 e. The first-order valence-corrected chi connectivity index (χ1v) is 12.6. The highest BCUT2D eigenvalue weighted by atomic mass is 32.2. The second kappa shape index (κ2) is 12.7. The summed E-state index contributed by atoms with van der Waals surface area (Å²) in [6.07, 6.45) is 7.13. The monoisotopic (exact) mass is 499 g/mol. The van der Waals surface area contributed by atoms with Gasteiger partial charge in [0.2, 0.25) is 0 Å². The van der Waals surface area contributed by atoms with Crippen molar-refractivity contribution in [3.8, 4) is 29.0 Å². The van der Waals surface area contributed by atoms with Crippen LogP contribution < -0.4 is 10.5 Å². The van der Waals surface area contributed by atoms with Crippen molar-refractivity contribution in [3.63, 3.8) is 0 Å². The number of allylic oxidation sites excluding steroid dienone is 1. The highest BCUT2D eigenvalue weighted by Gasteiger charge is 2.21. The van der Waals surface area contributed by atoms with Crippen LogP contribution in [0.4, 0.5) is 5.82 Å². The lowest BCUT2D eigenvalue weighted by atomic mass is 9.97. The maximum absolute atomic E-state index is 10.1. The van der Waals surface area contributed by atoms with Crippen LogP contribution in [-0.2, 0) is 5.75 Å². The molecule has 2 heterocycles. The van der Waals surface area contributed by atoms with E-state index in [4.69, 9.17) is 15.6 Å². The molecule has 7 nitrogen and oxygen atoms in total. The van der Waals surface area contributed by atoms with Crippen molar-refractivity contribution < 1.29 is 9.84 Å². The van der Waals surface area contributed by atoms with Gasteiger partial charge in [-0.25, -0.2) is 4.98 Å². The molecule has 0 amide bonds. The molecule has 1 unspecified atom stereocenters. The number of aliphatic hydroxyl groups excluding tert-OH is 1. The third-order valence-corrected chi connectivity index (χ3v) is 6.82. The summed E-state index contributed by atoms with van der Waals surface area (Å²) in [5.74, 6) is 1.67. The van der Waals surface area contributed by atoms with E-state index in [0.29, 0.717) is 39.1 Å². The Balaban J connectivity index is 2.00. The molecular formula is C28H29N5O2S. The van der Waals surface area contributed by atoms with Gasteiger partial charge in [0.05, 0.1) is 12.2 Å². The quantitative estimate of drug-likeness (QED) is 0.350. The number of rotatable bonds is 10. The first-order chi connectivity index (χ1) is 17.4. The van der Waals surface area contributed by atoms with Crippen molar-refractivity contribution >= 4 is 23.7 Å². The minimum atomic E-state index is -0.0908. The Morgan fingerprint density at radius 3 is 2.53 bits per heavy atom. The van der Waals surface area contributed by atoms with Gasteiger partial charge in [0, 0.05) is 23.2 Å². The van der Waals surface area contributed by atoms with E-state index in [1.54, 1.807) is 30.5 Å². The topological polar surface area (TPSA) is 129 Å². The second-order valence-electron chi connectivity index (χ2n) is 8.25. The molecule has 0 radical (unpaired) electrons. The number of nitriles is 2. The van der Waals surface area contributed by atoms with Crippen LogP contribution in [0.15, 0.2) is 47.6 Å². The van der Waals surface area contributed by atoms with Gasteiger partial charge in [0.25, 0.3) is 0 Å². The number of nitrogens with two attached hydrogens (primary N) is 1. The molecule has 0 fully saturated rings. The van der Waals surface area contributed by atoms with Crippen molar-refractivity contribution in [2.24, 2.45) is 5.92 Å². The third-order valence-electron chi connectivity index (χ3n) is 5.80. The van der Waals surface area contributed by atoms with Crippen molar-refractivity contribution in [1.82, 2.24) is 9.97 Å². The summed E-state index contributed by atoms with van der Waals surface area (Å²) in [6, 6.07) is 13.3. The number of nitrogens with zero attached hydrogens (tertiary/aromatic N) is 4. The Bertz CT molecular complexity index is 1320. The summed E-state index contributed by atoms with van der Waals surface area (Å²) in [5.41, 5.74) is 10.8. The average Bonchev–Trinajstić information content (AvgIpc) is 2.89. The maximum Gasteiger partial charge on any atom is 0.143 e. The summed E-state index contributed by atoms with van der Waals surface area (Å²) >= 11 is 1.41. The molecule has 0 saturated carbocycles. The summed E-state index contributed by atoms with van der Waals surface area (Å²) in [7, 11) is 0. The lowest BCUT2D eigenvalue weighted by Crippen LogP contribution is -2.04. The lowest BCUT2D eigenvalue weighted by Gasteiger charge is -2.14. The molecule has 1 atom stereocenters. The van der Waals surface area contributed by atoms with Crippen molar-refractivity contribution in [3.05, 3.63) is 70.6 Å². The number of aryl methyl sites for hydroxylation is 1. The number of hydrogen-bond donors (Lipinski definition) is 2. The zero-order chi connectivity index (χ0) is 26.1. The van der Waals surface area contributed by atoms with E-state index in [1.165, 1.54) is 11.8 Å². The van der Waals surface area contributed by atoms with E-state index in [-0.39, 0.29) is 24.6 Å². The molecular weight excluding hydrogens is 470 g/mol. The van der Waals surface area contributed by atoms with Gasteiger partial charge in [0.15, 0.2) is 0 Å². The lowest BCUT2D eigenvalue weighted by molar-refractivity contribution is 0.201. The smallest absolute Gasteiger partial charge is 0.143 e. The molecule has 1 aromatic carbocycles. The van der Waals surface area contributed by atoms with E-state index in [2.05, 4.69) is 48.1 Å².